The molecule has 13 heteroatoms. The lowest BCUT2D eigenvalue weighted by Crippen LogP contribution is -2.67. The third kappa shape index (κ3) is 6.89. The number of benzene rings is 2. The standard InChI is InChI=1S/C35H41ClFN3O7S/c1-45-29-18-40(19-30(29)46-2)35(39-13-5-6-14-39,47-23-11-9-21(10-12-23)34(43)44)32(41)16-22-15-26(36)28(17-27(22)37)38-33(42)25-20-48-31-8-4-3-7-24(25)31/h3-4,7-8,15,17,20-21,23,29-30H,5-6,9-14,16,18-19H2,1-2H3,(H,38,42)(H,43,44)/t21?,23?,29-,30+,35?. The van der Waals surface area contributed by atoms with Crippen molar-refractivity contribution in [2.24, 2.45) is 5.92 Å². The molecule has 6 rings (SSSR count). The van der Waals surface area contributed by atoms with Crippen LogP contribution < -0.4 is 5.32 Å². The van der Waals surface area contributed by atoms with Gasteiger partial charge in [0.15, 0.2) is 5.78 Å². The highest BCUT2D eigenvalue weighted by Crippen LogP contribution is 2.39. The first kappa shape index (κ1) is 34.9. The smallest absolute Gasteiger partial charge is 0.306 e. The maximum Gasteiger partial charge on any atom is 0.306 e. The zero-order valence-electron chi connectivity index (χ0n) is 27.1. The van der Waals surface area contributed by atoms with Gasteiger partial charge in [-0.05, 0) is 62.3 Å². The molecule has 2 aliphatic heterocycles. The molecule has 2 N–H and O–H groups in total. The minimum absolute atomic E-state index is 0.0801. The van der Waals surface area contributed by atoms with Crippen LogP contribution in [0.25, 0.3) is 10.1 Å². The van der Waals surface area contributed by atoms with E-state index >= 15 is 4.39 Å². The summed E-state index contributed by atoms with van der Waals surface area (Å²) in [5.74, 6) is -4.26. The van der Waals surface area contributed by atoms with Gasteiger partial charge in [-0.2, -0.15) is 0 Å². The zero-order chi connectivity index (χ0) is 34.0. The molecule has 3 atom stereocenters. The maximum absolute atomic E-state index is 15.9. The first-order valence-corrected chi connectivity index (χ1v) is 17.7. The SMILES string of the molecule is CO[C@H]1CN(C(OC2CCC(C(=O)O)CC2)(C(=O)Cc2cc(Cl)c(NC(=O)c3csc4ccccc34)cc2F)N2CCCC2)C[C@H]1OC. The fraction of sp³-hybridized carbons (Fsp3) is 0.514. The predicted octanol–water partition coefficient (Wildman–Crippen LogP) is 5.81. The first-order chi connectivity index (χ1) is 23.1. The molecule has 2 aromatic carbocycles. The molecule has 2 saturated heterocycles. The van der Waals surface area contributed by atoms with E-state index in [1.54, 1.807) is 19.6 Å². The third-order valence-corrected chi connectivity index (χ3v) is 11.2. The molecule has 0 radical (unpaired) electrons. The largest absolute Gasteiger partial charge is 0.481 e. The van der Waals surface area contributed by atoms with Crippen molar-refractivity contribution in [1.29, 1.82) is 0 Å². The number of nitrogens with zero attached hydrogens (tertiary/aromatic N) is 2. The van der Waals surface area contributed by atoms with Crippen LogP contribution in [0.3, 0.4) is 0 Å². The molecule has 1 amide bonds. The first-order valence-electron chi connectivity index (χ1n) is 16.4. The number of carboxylic acids is 1. The molecule has 10 nitrogen and oxygen atoms in total. The number of carboxylic acid groups (broad SMARTS) is 1. The Morgan fingerprint density at radius 1 is 1.02 bits per heavy atom. The van der Waals surface area contributed by atoms with Gasteiger partial charge in [-0.3, -0.25) is 24.2 Å². The number of carbonyl (C=O) groups is 3. The summed E-state index contributed by atoms with van der Waals surface area (Å²) in [6.07, 6.45) is 2.30. The van der Waals surface area contributed by atoms with Crippen molar-refractivity contribution in [3.05, 3.63) is 63.7 Å². The number of likely N-dealkylation sites (tertiary alicyclic amines) is 2. The molecule has 3 heterocycles. The third-order valence-electron chi connectivity index (χ3n) is 9.96. The van der Waals surface area contributed by atoms with E-state index in [4.69, 9.17) is 25.8 Å². The lowest BCUT2D eigenvalue weighted by atomic mass is 9.87. The molecule has 258 valence electrons. The van der Waals surface area contributed by atoms with Gasteiger partial charge in [0, 0.05) is 62.3 Å². The topological polar surface area (TPSA) is 118 Å². The van der Waals surface area contributed by atoms with Crippen LogP contribution in [-0.2, 0) is 30.2 Å². The molecular weight excluding hydrogens is 661 g/mol. The van der Waals surface area contributed by atoms with Crippen LogP contribution in [-0.4, -0.2) is 97.1 Å². The molecule has 3 aliphatic rings. The Balaban J connectivity index is 1.29. The molecule has 3 aromatic rings. The molecule has 1 aliphatic carbocycles. The number of rotatable bonds is 12. The van der Waals surface area contributed by atoms with E-state index in [9.17, 15) is 19.5 Å². The van der Waals surface area contributed by atoms with Gasteiger partial charge in [0.2, 0.25) is 5.85 Å². The Bertz CT molecular complexity index is 1650. The molecule has 1 unspecified atom stereocenters. The zero-order valence-corrected chi connectivity index (χ0v) is 28.7. The van der Waals surface area contributed by atoms with Crippen molar-refractivity contribution in [3.8, 4) is 0 Å². The highest BCUT2D eigenvalue weighted by molar-refractivity contribution is 7.17. The number of ketones is 1. The molecule has 1 saturated carbocycles. The Morgan fingerprint density at radius 3 is 2.33 bits per heavy atom. The van der Waals surface area contributed by atoms with Crippen LogP contribution in [0.1, 0.15) is 54.4 Å². The number of hydrogen-bond acceptors (Lipinski definition) is 9. The van der Waals surface area contributed by atoms with Gasteiger partial charge in [-0.25, -0.2) is 4.39 Å². The van der Waals surface area contributed by atoms with Crippen molar-refractivity contribution in [3.63, 3.8) is 0 Å². The quantitative estimate of drug-likeness (QED) is 0.241. The van der Waals surface area contributed by atoms with Crippen LogP contribution in [0.4, 0.5) is 10.1 Å². The van der Waals surface area contributed by atoms with Crippen LogP contribution in [0.5, 0.6) is 0 Å². The number of nitrogens with one attached hydrogen (secondary N) is 1. The van der Waals surface area contributed by atoms with Gasteiger partial charge in [-0.15, -0.1) is 11.3 Å². The second-order valence-corrected chi connectivity index (χ2v) is 14.1. The van der Waals surface area contributed by atoms with Crippen molar-refractivity contribution in [1.82, 2.24) is 9.80 Å². The number of carbonyl (C=O) groups excluding carboxylic acids is 2. The van der Waals surface area contributed by atoms with Gasteiger partial charge in [0.25, 0.3) is 5.91 Å². The highest BCUT2D eigenvalue weighted by Gasteiger charge is 2.56. The summed E-state index contributed by atoms with van der Waals surface area (Å²) < 4.78 is 35.2. The van der Waals surface area contributed by atoms with Gasteiger partial charge >= 0.3 is 5.97 Å². The van der Waals surface area contributed by atoms with Crippen LogP contribution in [0.2, 0.25) is 5.02 Å². The average Bonchev–Trinajstić information content (AvgIpc) is 3.86. The van der Waals surface area contributed by atoms with Crippen molar-refractivity contribution in [2.75, 3.05) is 45.7 Å². The monoisotopic (exact) mass is 701 g/mol. The summed E-state index contributed by atoms with van der Waals surface area (Å²) in [6, 6.07) is 10.1. The fourth-order valence-electron chi connectivity index (χ4n) is 7.34. The van der Waals surface area contributed by atoms with E-state index in [0.717, 1.165) is 29.0 Å². The Morgan fingerprint density at radius 2 is 1.69 bits per heavy atom. The van der Waals surface area contributed by atoms with Gasteiger partial charge in [0.05, 0.1) is 40.5 Å². The number of fused-ring (bicyclic) bond motifs is 1. The predicted molar refractivity (Wildman–Crippen MR) is 181 cm³/mol. The summed E-state index contributed by atoms with van der Waals surface area (Å²) in [7, 11) is 3.21. The summed E-state index contributed by atoms with van der Waals surface area (Å²) in [5.41, 5.74) is 0.649. The van der Waals surface area contributed by atoms with E-state index in [2.05, 4.69) is 5.32 Å². The molecule has 3 fully saturated rings. The number of aliphatic carboxylic acids is 1. The summed E-state index contributed by atoms with van der Waals surface area (Å²) >= 11 is 8.07. The summed E-state index contributed by atoms with van der Waals surface area (Å²) in [4.78, 5) is 43.6. The lowest BCUT2D eigenvalue weighted by Gasteiger charge is -2.48. The highest BCUT2D eigenvalue weighted by atomic mass is 35.5. The van der Waals surface area contributed by atoms with Crippen LogP contribution >= 0.6 is 22.9 Å². The molecular formula is C35H41ClFN3O7S. The van der Waals surface area contributed by atoms with Gasteiger partial charge in [0.1, 0.15) is 5.82 Å². The number of methoxy groups -OCH3 is 2. The summed E-state index contributed by atoms with van der Waals surface area (Å²) in [6.45, 7) is 1.92. The number of ether oxygens (including phenoxy) is 3. The number of anilines is 1. The van der Waals surface area contributed by atoms with Gasteiger partial charge in [-0.1, -0.05) is 29.8 Å². The maximum atomic E-state index is 15.9. The van der Waals surface area contributed by atoms with Gasteiger partial charge < -0.3 is 24.6 Å². The molecule has 0 bridgehead atoms. The molecule has 48 heavy (non-hydrogen) atoms. The number of halogens is 2. The van der Waals surface area contributed by atoms with Crippen LogP contribution in [0.15, 0.2) is 41.8 Å². The van der Waals surface area contributed by atoms with Crippen molar-refractivity contribution >= 4 is 56.4 Å². The van der Waals surface area contributed by atoms with Crippen molar-refractivity contribution in [2.45, 2.75) is 69.1 Å². The molecule has 0 spiro atoms. The second-order valence-electron chi connectivity index (χ2n) is 12.8. The Kier molecular flexibility index (Phi) is 10.8. The minimum atomic E-state index is -1.55. The Labute approximate surface area is 288 Å². The Hall–Kier alpha value is -2.97. The number of thiophene rings is 1. The van der Waals surface area contributed by atoms with E-state index < -0.39 is 29.5 Å². The van der Waals surface area contributed by atoms with E-state index in [1.807, 2.05) is 34.1 Å². The van der Waals surface area contributed by atoms with Crippen molar-refractivity contribution < 1.29 is 38.1 Å². The number of amides is 1. The number of Topliss-reactive ketones (excluding diaryl/α,β-unsaturated/α-hetero) is 1. The average molecular weight is 702 g/mol. The molecule has 1 aromatic heterocycles. The van der Waals surface area contributed by atoms with Crippen LogP contribution in [0, 0.1) is 11.7 Å². The van der Waals surface area contributed by atoms with E-state index in [1.165, 1.54) is 17.4 Å². The summed E-state index contributed by atoms with van der Waals surface area (Å²) in [5, 5.41) is 15.0. The normalized spacial score (nSPS) is 24.9. The van der Waals surface area contributed by atoms with E-state index in [-0.39, 0.29) is 46.8 Å². The second kappa shape index (κ2) is 14.9. The van der Waals surface area contributed by atoms with E-state index in [0.29, 0.717) is 57.4 Å². The fourth-order valence-corrected chi connectivity index (χ4v) is 8.52. The lowest BCUT2D eigenvalue weighted by molar-refractivity contribution is -0.253. The number of hydrogen-bond donors (Lipinski definition) is 2. The minimum Gasteiger partial charge on any atom is -0.481 e.